The lowest BCUT2D eigenvalue weighted by atomic mass is 10.4. The fourth-order valence-corrected chi connectivity index (χ4v) is 0.386. The number of allylic oxidation sites excluding steroid dienone is 1. The maximum Gasteiger partial charge on any atom is 0.0810 e. The summed E-state index contributed by atoms with van der Waals surface area (Å²) in [5, 5.41) is 0. The zero-order valence-corrected chi connectivity index (χ0v) is 5.55. The average Bonchev–Trinajstić information content (AvgIpc) is 1.81. The monoisotopic (exact) mass is 113 g/mol. The van der Waals surface area contributed by atoms with Crippen LogP contribution in [-0.4, -0.2) is 6.61 Å². The van der Waals surface area contributed by atoms with Crippen LogP contribution in [0.1, 0.15) is 20.3 Å². The number of ether oxygens (including phenoxy) is 1. The van der Waals surface area contributed by atoms with Gasteiger partial charge in [-0.15, -0.1) is 0 Å². The van der Waals surface area contributed by atoms with E-state index >= 15 is 0 Å². The van der Waals surface area contributed by atoms with Crippen molar-refractivity contribution in [2.24, 2.45) is 0 Å². The first-order valence-corrected chi connectivity index (χ1v) is 2.96. The molecule has 1 radical (unpaired) electrons. The molecule has 1 nitrogen and oxygen atoms in total. The minimum absolute atomic E-state index is 0.713. The molecular formula is C7H13O. The van der Waals surface area contributed by atoms with Gasteiger partial charge < -0.3 is 4.74 Å². The molecule has 0 unspecified atom stereocenters. The van der Waals surface area contributed by atoms with Crippen molar-refractivity contribution in [2.45, 2.75) is 20.3 Å². The van der Waals surface area contributed by atoms with Crippen LogP contribution in [0.5, 0.6) is 0 Å². The molecule has 0 atom stereocenters. The number of rotatable bonds is 4. The molecule has 0 saturated carbocycles. The van der Waals surface area contributed by atoms with Crippen molar-refractivity contribution in [1.29, 1.82) is 0 Å². The molecule has 0 aliphatic carbocycles. The van der Waals surface area contributed by atoms with Gasteiger partial charge in [0, 0.05) is 0 Å². The Kier molecular flexibility index (Phi) is 6.45. The molecule has 0 aromatic rings. The highest BCUT2D eigenvalue weighted by Gasteiger charge is 1.72. The molecule has 0 aliphatic heterocycles. The Morgan fingerprint density at radius 2 is 2.12 bits per heavy atom. The Morgan fingerprint density at radius 3 is 2.62 bits per heavy atom. The molecule has 0 amide bonds. The van der Waals surface area contributed by atoms with Crippen molar-refractivity contribution in [3.05, 3.63) is 18.8 Å². The second kappa shape index (κ2) is 6.70. The maximum atomic E-state index is 4.92. The fourth-order valence-electron chi connectivity index (χ4n) is 0.386. The molecule has 0 rings (SSSR count). The van der Waals surface area contributed by atoms with Crippen LogP contribution in [0.25, 0.3) is 0 Å². The van der Waals surface area contributed by atoms with E-state index in [1.165, 1.54) is 0 Å². The quantitative estimate of drug-likeness (QED) is 0.401. The van der Waals surface area contributed by atoms with Crippen LogP contribution in [0, 0.1) is 6.61 Å². The normalized spacial score (nSPS) is 10.8. The summed E-state index contributed by atoms with van der Waals surface area (Å²) in [6.45, 7) is 6.39. The van der Waals surface area contributed by atoms with Crippen LogP contribution in [0.4, 0.5) is 0 Å². The molecule has 0 N–H and O–H groups in total. The Labute approximate surface area is 51.4 Å². The van der Waals surface area contributed by atoms with E-state index in [1.807, 2.05) is 13.0 Å². The molecule has 8 heavy (non-hydrogen) atoms. The third-order valence-electron chi connectivity index (χ3n) is 0.761. The average molecular weight is 113 g/mol. The SMILES string of the molecule is C[CH]OC/C=C/CC. The van der Waals surface area contributed by atoms with Gasteiger partial charge in [0.25, 0.3) is 0 Å². The molecular weight excluding hydrogens is 100 g/mol. The van der Waals surface area contributed by atoms with Crippen molar-refractivity contribution < 1.29 is 4.74 Å². The highest BCUT2D eigenvalue weighted by atomic mass is 16.5. The van der Waals surface area contributed by atoms with Crippen LogP contribution in [0.2, 0.25) is 0 Å². The maximum absolute atomic E-state index is 4.92. The van der Waals surface area contributed by atoms with Gasteiger partial charge in [0.15, 0.2) is 0 Å². The first kappa shape index (κ1) is 7.70. The Bertz CT molecular complexity index is 57.4. The molecule has 0 aromatic carbocycles. The van der Waals surface area contributed by atoms with E-state index < -0.39 is 0 Å². The molecule has 1 heteroatoms. The van der Waals surface area contributed by atoms with E-state index in [-0.39, 0.29) is 0 Å². The largest absolute Gasteiger partial charge is 0.372 e. The Hall–Kier alpha value is -0.300. The van der Waals surface area contributed by atoms with Crippen molar-refractivity contribution in [3.63, 3.8) is 0 Å². The summed E-state index contributed by atoms with van der Waals surface area (Å²) in [6.07, 6.45) is 5.19. The topological polar surface area (TPSA) is 9.23 Å². The molecule has 47 valence electrons. The number of hydrogen-bond acceptors (Lipinski definition) is 1. The second-order valence-electron chi connectivity index (χ2n) is 1.45. The summed E-state index contributed by atoms with van der Waals surface area (Å²) < 4.78 is 4.92. The molecule has 0 saturated heterocycles. The van der Waals surface area contributed by atoms with Gasteiger partial charge in [-0.2, -0.15) is 0 Å². The first-order valence-electron chi connectivity index (χ1n) is 2.96. The zero-order valence-electron chi connectivity index (χ0n) is 5.55. The van der Waals surface area contributed by atoms with E-state index in [0.29, 0.717) is 6.61 Å². The molecule has 0 heterocycles. The summed E-state index contributed by atoms with van der Waals surface area (Å²) in [5.74, 6) is 0. The van der Waals surface area contributed by atoms with Gasteiger partial charge in [0.05, 0.1) is 13.2 Å². The lowest BCUT2D eigenvalue weighted by Crippen LogP contribution is -1.81. The van der Waals surface area contributed by atoms with Gasteiger partial charge in [-0.3, -0.25) is 0 Å². The Balaban J connectivity index is 2.80. The van der Waals surface area contributed by atoms with Crippen molar-refractivity contribution in [2.75, 3.05) is 6.61 Å². The van der Waals surface area contributed by atoms with Crippen LogP contribution in [-0.2, 0) is 4.74 Å². The van der Waals surface area contributed by atoms with E-state index in [0.717, 1.165) is 6.42 Å². The smallest absolute Gasteiger partial charge is 0.0810 e. The summed E-state index contributed by atoms with van der Waals surface area (Å²) in [4.78, 5) is 0. The summed E-state index contributed by atoms with van der Waals surface area (Å²) >= 11 is 0. The third-order valence-corrected chi connectivity index (χ3v) is 0.761. The standard InChI is InChI=1S/C7H13O/c1-3-5-6-7-8-4-2/h4-6H,3,7H2,1-2H3/b6-5+. The van der Waals surface area contributed by atoms with Gasteiger partial charge in [-0.1, -0.05) is 19.1 Å². The lowest BCUT2D eigenvalue weighted by molar-refractivity contribution is 0.239. The van der Waals surface area contributed by atoms with Crippen LogP contribution < -0.4 is 0 Å². The summed E-state index contributed by atoms with van der Waals surface area (Å²) in [7, 11) is 0. The third kappa shape index (κ3) is 5.70. The van der Waals surface area contributed by atoms with Gasteiger partial charge in [-0.25, -0.2) is 0 Å². The van der Waals surface area contributed by atoms with Crippen LogP contribution in [0.15, 0.2) is 12.2 Å². The Morgan fingerprint density at radius 1 is 1.38 bits per heavy atom. The fraction of sp³-hybridized carbons (Fsp3) is 0.571. The number of hydrogen-bond donors (Lipinski definition) is 0. The lowest BCUT2D eigenvalue weighted by Gasteiger charge is -1.89. The highest BCUT2D eigenvalue weighted by molar-refractivity contribution is 4.79. The second-order valence-corrected chi connectivity index (χ2v) is 1.45. The molecule has 0 aliphatic rings. The minimum atomic E-state index is 0.713. The summed E-state index contributed by atoms with van der Waals surface area (Å²) in [5.41, 5.74) is 0. The molecule has 0 aromatic heterocycles. The van der Waals surface area contributed by atoms with Gasteiger partial charge in [0.1, 0.15) is 0 Å². The van der Waals surface area contributed by atoms with Crippen molar-refractivity contribution in [3.8, 4) is 0 Å². The van der Waals surface area contributed by atoms with Gasteiger partial charge >= 0.3 is 0 Å². The predicted molar refractivity (Wildman–Crippen MR) is 35.4 cm³/mol. The van der Waals surface area contributed by atoms with Crippen molar-refractivity contribution >= 4 is 0 Å². The van der Waals surface area contributed by atoms with Crippen LogP contribution in [0.3, 0.4) is 0 Å². The van der Waals surface area contributed by atoms with E-state index in [1.54, 1.807) is 6.61 Å². The molecule has 0 fully saturated rings. The summed E-state index contributed by atoms with van der Waals surface area (Å²) in [6, 6.07) is 0. The van der Waals surface area contributed by atoms with Crippen LogP contribution >= 0.6 is 0 Å². The van der Waals surface area contributed by atoms with E-state index in [2.05, 4.69) is 13.0 Å². The predicted octanol–water partition coefficient (Wildman–Crippen LogP) is 2.15. The van der Waals surface area contributed by atoms with E-state index in [4.69, 9.17) is 4.74 Å². The van der Waals surface area contributed by atoms with Gasteiger partial charge in [0.2, 0.25) is 0 Å². The molecule has 0 bridgehead atoms. The zero-order chi connectivity index (χ0) is 6.24. The first-order chi connectivity index (χ1) is 3.91. The van der Waals surface area contributed by atoms with Gasteiger partial charge in [-0.05, 0) is 13.3 Å². The highest BCUT2D eigenvalue weighted by Crippen LogP contribution is 1.82. The molecule has 0 spiro atoms. The van der Waals surface area contributed by atoms with Crippen molar-refractivity contribution in [1.82, 2.24) is 0 Å². The van der Waals surface area contributed by atoms with E-state index in [9.17, 15) is 0 Å². The minimum Gasteiger partial charge on any atom is -0.372 e.